The van der Waals surface area contributed by atoms with E-state index in [1.165, 1.54) is 18.7 Å². The Hall–Kier alpha value is -2.63. The molecule has 0 radical (unpaired) electrons. The Morgan fingerprint density at radius 1 is 1.14 bits per heavy atom. The zero-order chi connectivity index (χ0) is 19.5. The number of hydrogen-bond acceptors (Lipinski definition) is 3. The summed E-state index contributed by atoms with van der Waals surface area (Å²) in [5, 5.41) is 3.01. The van der Waals surface area contributed by atoms with Crippen molar-refractivity contribution in [2.24, 2.45) is 5.92 Å². The number of nitrogens with one attached hydrogen (secondary N) is 1. The van der Waals surface area contributed by atoms with Gasteiger partial charge >= 0.3 is 0 Å². The maximum absolute atomic E-state index is 12.6. The molecule has 2 aromatic rings. The number of amides is 2. The molecule has 1 atom stereocenters. The lowest BCUT2D eigenvalue weighted by molar-refractivity contribution is -0.134. The summed E-state index contributed by atoms with van der Waals surface area (Å²) in [4.78, 5) is 31.1. The number of aromatic nitrogens is 2. The Labute approximate surface area is 165 Å². The van der Waals surface area contributed by atoms with Gasteiger partial charge in [0.15, 0.2) is 0 Å². The number of carbonyl (C=O) groups is 2. The highest BCUT2D eigenvalue weighted by molar-refractivity contribution is 5.93. The fraction of sp³-hybridized carbons (Fsp3) is 0.500. The largest absolute Gasteiger partial charge is 0.342 e. The van der Waals surface area contributed by atoms with Crippen LogP contribution in [-0.4, -0.2) is 39.4 Å². The Morgan fingerprint density at radius 2 is 1.96 bits per heavy atom. The molecule has 0 aliphatic carbocycles. The van der Waals surface area contributed by atoms with Gasteiger partial charge in [0.1, 0.15) is 5.82 Å². The minimum atomic E-state index is -0.135. The second-order valence-electron chi connectivity index (χ2n) is 7.79. The van der Waals surface area contributed by atoms with E-state index in [1.54, 1.807) is 0 Å². The van der Waals surface area contributed by atoms with E-state index in [0.29, 0.717) is 13.0 Å². The maximum Gasteiger partial charge on any atom is 0.229 e. The summed E-state index contributed by atoms with van der Waals surface area (Å²) in [6, 6.07) is 7.89. The average molecular weight is 380 g/mol. The minimum absolute atomic E-state index is 0.00110. The molecule has 4 rings (SSSR count). The van der Waals surface area contributed by atoms with Crippen molar-refractivity contribution in [2.75, 3.05) is 18.4 Å². The predicted octanol–water partition coefficient (Wildman–Crippen LogP) is 3.47. The third-order valence-corrected chi connectivity index (χ3v) is 5.80. The topological polar surface area (TPSA) is 67.2 Å². The Balaban J connectivity index is 1.39. The fourth-order valence-corrected chi connectivity index (χ4v) is 4.16. The molecule has 3 heterocycles. The molecule has 1 fully saturated rings. The first-order valence-corrected chi connectivity index (χ1v) is 10.4. The van der Waals surface area contributed by atoms with Crippen LogP contribution in [0, 0.1) is 5.92 Å². The van der Waals surface area contributed by atoms with Crippen molar-refractivity contribution in [3.63, 3.8) is 0 Å². The third kappa shape index (κ3) is 3.96. The van der Waals surface area contributed by atoms with Crippen LogP contribution in [0.3, 0.4) is 0 Å². The van der Waals surface area contributed by atoms with Gasteiger partial charge in [-0.2, -0.15) is 0 Å². The smallest absolute Gasteiger partial charge is 0.229 e. The molecule has 1 aromatic heterocycles. The van der Waals surface area contributed by atoms with Gasteiger partial charge in [0.2, 0.25) is 11.8 Å². The Kier molecular flexibility index (Phi) is 5.46. The lowest BCUT2D eigenvalue weighted by Gasteiger charge is -2.31. The van der Waals surface area contributed by atoms with Gasteiger partial charge in [0.05, 0.1) is 11.6 Å². The monoisotopic (exact) mass is 380 g/mol. The van der Waals surface area contributed by atoms with Gasteiger partial charge in [-0.3, -0.25) is 9.59 Å². The summed E-state index contributed by atoms with van der Waals surface area (Å²) in [7, 11) is 0. The van der Waals surface area contributed by atoms with Crippen molar-refractivity contribution in [3.05, 3.63) is 36.3 Å². The van der Waals surface area contributed by atoms with Crippen LogP contribution in [0.15, 0.2) is 30.5 Å². The highest BCUT2D eigenvalue weighted by Gasteiger charge is 2.27. The standard InChI is InChI=1S/C22H28N4O2/c1-2-21(27)26-13-5-6-17(14-26)22(28)23-18-10-8-16(9-11-18)19-15-25-12-4-3-7-20(25)24-19/h8-11,15,17H,2-7,12-14H2,1H3,(H,23,28). The maximum atomic E-state index is 12.6. The lowest BCUT2D eigenvalue weighted by atomic mass is 9.96. The predicted molar refractivity (Wildman–Crippen MR) is 109 cm³/mol. The molecule has 2 aliphatic heterocycles. The Bertz CT molecular complexity index is 832. The Morgan fingerprint density at radius 3 is 2.71 bits per heavy atom. The number of likely N-dealkylation sites (tertiary alicyclic amines) is 1. The third-order valence-electron chi connectivity index (χ3n) is 5.80. The van der Waals surface area contributed by atoms with Crippen LogP contribution < -0.4 is 5.32 Å². The van der Waals surface area contributed by atoms with E-state index in [4.69, 9.17) is 4.98 Å². The van der Waals surface area contributed by atoms with E-state index < -0.39 is 0 Å². The molecule has 1 N–H and O–H groups in total. The molecule has 2 aliphatic rings. The van der Waals surface area contributed by atoms with Crippen LogP contribution in [0.4, 0.5) is 5.69 Å². The molecule has 148 valence electrons. The first-order valence-electron chi connectivity index (χ1n) is 10.4. The second kappa shape index (κ2) is 8.17. The molecule has 0 saturated carbocycles. The number of anilines is 1. The van der Waals surface area contributed by atoms with Gasteiger partial charge in [-0.1, -0.05) is 19.1 Å². The number of rotatable bonds is 4. The second-order valence-corrected chi connectivity index (χ2v) is 7.79. The summed E-state index contributed by atoms with van der Waals surface area (Å²) in [5.41, 5.74) is 2.85. The fourth-order valence-electron chi connectivity index (χ4n) is 4.16. The van der Waals surface area contributed by atoms with Crippen molar-refractivity contribution in [3.8, 4) is 11.3 Å². The number of hydrogen-bond donors (Lipinski definition) is 1. The SMILES string of the molecule is CCC(=O)N1CCCC(C(=O)Nc2ccc(-c3cn4c(n3)CCCC4)cc2)C1. The number of carbonyl (C=O) groups excluding carboxylic acids is 2. The van der Waals surface area contributed by atoms with Crippen molar-refractivity contribution in [1.29, 1.82) is 0 Å². The highest BCUT2D eigenvalue weighted by atomic mass is 16.2. The van der Waals surface area contributed by atoms with E-state index in [9.17, 15) is 9.59 Å². The summed E-state index contributed by atoms with van der Waals surface area (Å²) >= 11 is 0. The highest BCUT2D eigenvalue weighted by Crippen LogP contribution is 2.25. The minimum Gasteiger partial charge on any atom is -0.342 e. The molecule has 6 heteroatoms. The summed E-state index contributed by atoms with van der Waals surface area (Å²) in [6.07, 6.45) is 7.81. The molecule has 1 aromatic carbocycles. The van der Waals surface area contributed by atoms with Crippen LogP contribution >= 0.6 is 0 Å². The van der Waals surface area contributed by atoms with Crippen LogP contribution in [-0.2, 0) is 22.6 Å². The van der Waals surface area contributed by atoms with E-state index in [1.807, 2.05) is 36.1 Å². The summed E-state index contributed by atoms with van der Waals surface area (Å²) < 4.78 is 2.25. The van der Waals surface area contributed by atoms with Gasteiger partial charge in [-0.05, 0) is 37.8 Å². The van der Waals surface area contributed by atoms with Gasteiger partial charge in [0, 0.05) is 49.9 Å². The van der Waals surface area contributed by atoms with Gasteiger partial charge in [-0.15, -0.1) is 0 Å². The number of fused-ring (bicyclic) bond motifs is 1. The first kappa shape index (κ1) is 18.7. The lowest BCUT2D eigenvalue weighted by Crippen LogP contribution is -2.43. The molecule has 0 spiro atoms. The molecule has 0 bridgehead atoms. The first-order chi connectivity index (χ1) is 13.6. The van der Waals surface area contributed by atoms with Crippen LogP contribution in [0.5, 0.6) is 0 Å². The van der Waals surface area contributed by atoms with Gasteiger partial charge < -0.3 is 14.8 Å². The molecule has 6 nitrogen and oxygen atoms in total. The van der Waals surface area contributed by atoms with Gasteiger partial charge in [-0.25, -0.2) is 4.98 Å². The number of imidazole rings is 1. The number of piperidine rings is 1. The zero-order valence-electron chi connectivity index (χ0n) is 16.5. The zero-order valence-corrected chi connectivity index (χ0v) is 16.5. The van der Waals surface area contributed by atoms with Crippen LogP contribution in [0.25, 0.3) is 11.3 Å². The van der Waals surface area contributed by atoms with Crippen molar-refractivity contribution < 1.29 is 9.59 Å². The number of benzene rings is 1. The molecular weight excluding hydrogens is 352 g/mol. The number of nitrogens with zero attached hydrogens (tertiary/aromatic N) is 3. The molecule has 2 amide bonds. The van der Waals surface area contributed by atoms with Crippen LogP contribution in [0.2, 0.25) is 0 Å². The van der Waals surface area contributed by atoms with Gasteiger partial charge in [0.25, 0.3) is 0 Å². The van der Waals surface area contributed by atoms with Crippen molar-refractivity contribution in [1.82, 2.24) is 14.5 Å². The molecule has 1 saturated heterocycles. The van der Waals surface area contributed by atoms with Crippen LogP contribution in [0.1, 0.15) is 44.9 Å². The molecular formula is C22H28N4O2. The van der Waals surface area contributed by atoms with E-state index in [2.05, 4.69) is 16.1 Å². The summed E-state index contributed by atoms with van der Waals surface area (Å²) in [5.74, 6) is 1.16. The quantitative estimate of drug-likeness (QED) is 0.883. The average Bonchev–Trinajstić information content (AvgIpc) is 3.18. The number of aryl methyl sites for hydroxylation is 2. The normalized spacial score (nSPS) is 19.2. The van der Waals surface area contributed by atoms with E-state index in [-0.39, 0.29) is 17.7 Å². The van der Waals surface area contributed by atoms with E-state index in [0.717, 1.165) is 49.3 Å². The van der Waals surface area contributed by atoms with E-state index >= 15 is 0 Å². The molecule has 1 unspecified atom stereocenters. The summed E-state index contributed by atoms with van der Waals surface area (Å²) in [6.45, 7) is 4.20. The molecule has 28 heavy (non-hydrogen) atoms. The van der Waals surface area contributed by atoms with Crippen molar-refractivity contribution >= 4 is 17.5 Å². The van der Waals surface area contributed by atoms with Crippen molar-refractivity contribution in [2.45, 2.75) is 52.0 Å².